The van der Waals surface area contributed by atoms with Crippen LogP contribution in [-0.4, -0.2) is 42.8 Å². The van der Waals surface area contributed by atoms with Gasteiger partial charge in [-0.3, -0.25) is 4.90 Å². The number of hydrogen-bond acceptors (Lipinski definition) is 3. The molecule has 21 heavy (non-hydrogen) atoms. The second-order valence-electron chi connectivity index (χ2n) is 7.59. The zero-order chi connectivity index (χ0) is 15.3. The fourth-order valence-electron chi connectivity index (χ4n) is 4.59. The predicted octanol–water partition coefficient (Wildman–Crippen LogP) is 3.56. The van der Waals surface area contributed by atoms with Gasteiger partial charge >= 0.3 is 0 Å². The maximum absolute atomic E-state index is 6.36. The van der Waals surface area contributed by atoms with Gasteiger partial charge in [-0.25, -0.2) is 0 Å². The predicted molar refractivity (Wildman–Crippen MR) is 89.5 cm³/mol. The van der Waals surface area contributed by atoms with Crippen LogP contribution in [0.15, 0.2) is 0 Å². The Labute approximate surface area is 131 Å². The summed E-state index contributed by atoms with van der Waals surface area (Å²) in [5.41, 5.74) is 6.45. The number of hydrogen-bond donors (Lipinski definition) is 1. The lowest BCUT2D eigenvalue weighted by Gasteiger charge is -2.53. The summed E-state index contributed by atoms with van der Waals surface area (Å²) < 4.78 is 5.92. The highest BCUT2D eigenvalue weighted by molar-refractivity contribution is 5.03. The van der Waals surface area contributed by atoms with Gasteiger partial charge in [0.05, 0.1) is 11.6 Å². The van der Waals surface area contributed by atoms with E-state index in [9.17, 15) is 0 Å². The number of rotatable bonds is 7. The highest BCUT2D eigenvalue weighted by atomic mass is 16.5. The Morgan fingerprint density at radius 2 is 1.81 bits per heavy atom. The Hall–Kier alpha value is -0.120. The minimum absolute atomic E-state index is 0.0941. The van der Waals surface area contributed by atoms with Gasteiger partial charge in [-0.1, -0.05) is 39.5 Å². The molecule has 2 rings (SSSR count). The van der Waals surface area contributed by atoms with Gasteiger partial charge in [0.15, 0.2) is 0 Å². The minimum Gasteiger partial charge on any atom is -0.379 e. The molecule has 0 radical (unpaired) electrons. The Balaban J connectivity index is 2.20. The first kappa shape index (κ1) is 17.2. The summed E-state index contributed by atoms with van der Waals surface area (Å²) in [5.74, 6) is 0.758. The van der Waals surface area contributed by atoms with Crippen molar-refractivity contribution in [2.75, 3.05) is 20.2 Å². The van der Waals surface area contributed by atoms with Crippen LogP contribution in [0.1, 0.15) is 71.6 Å². The van der Waals surface area contributed by atoms with Crippen LogP contribution in [-0.2, 0) is 4.74 Å². The summed E-state index contributed by atoms with van der Waals surface area (Å²) in [4.78, 5) is 2.80. The van der Waals surface area contributed by atoms with Crippen LogP contribution in [0.25, 0.3) is 0 Å². The zero-order valence-corrected chi connectivity index (χ0v) is 14.4. The molecule has 0 saturated heterocycles. The highest BCUT2D eigenvalue weighted by Crippen LogP contribution is 2.39. The van der Waals surface area contributed by atoms with Crippen molar-refractivity contribution >= 4 is 0 Å². The quantitative estimate of drug-likeness (QED) is 0.780. The molecule has 0 spiro atoms. The summed E-state index contributed by atoms with van der Waals surface area (Å²) in [5, 5.41) is 0. The molecule has 0 aromatic heterocycles. The van der Waals surface area contributed by atoms with Crippen LogP contribution in [0.2, 0.25) is 0 Å². The Bertz CT molecular complexity index is 302. The summed E-state index contributed by atoms with van der Waals surface area (Å²) in [6.45, 7) is 6.60. The van der Waals surface area contributed by atoms with Crippen molar-refractivity contribution in [2.45, 2.75) is 89.3 Å². The molecular formula is C18H36N2O. The average Bonchev–Trinajstić information content (AvgIpc) is 3.01. The largest absolute Gasteiger partial charge is 0.379 e. The van der Waals surface area contributed by atoms with Crippen LogP contribution >= 0.6 is 0 Å². The van der Waals surface area contributed by atoms with E-state index in [4.69, 9.17) is 10.5 Å². The number of nitrogens with zero attached hydrogens (tertiary/aromatic N) is 1. The van der Waals surface area contributed by atoms with E-state index in [0.717, 1.165) is 18.5 Å². The van der Waals surface area contributed by atoms with Crippen molar-refractivity contribution in [2.24, 2.45) is 11.7 Å². The van der Waals surface area contributed by atoms with Gasteiger partial charge < -0.3 is 10.5 Å². The first-order chi connectivity index (χ1) is 10.1. The van der Waals surface area contributed by atoms with Crippen LogP contribution in [0.4, 0.5) is 0 Å². The van der Waals surface area contributed by atoms with Crippen LogP contribution in [0.3, 0.4) is 0 Å². The van der Waals surface area contributed by atoms with Crippen LogP contribution < -0.4 is 5.73 Å². The van der Waals surface area contributed by atoms with Gasteiger partial charge in [-0.15, -0.1) is 0 Å². The van der Waals surface area contributed by atoms with E-state index in [0.29, 0.717) is 6.10 Å². The van der Waals surface area contributed by atoms with Gasteiger partial charge in [0, 0.05) is 19.7 Å². The van der Waals surface area contributed by atoms with Crippen molar-refractivity contribution in [3.05, 3.63) is 0 Å². The molecule has 0 aromatic carbocycles. The molecular weight excluding hydrogens is 260 g/mol. The molecule has 2 aliphatic carbocycles. The number of methoxy groups -OCH3 is 1. The smallest absolute Gasteiger partial charge is 0.0767 e. The lowest BCUT2D eigenvalue weighted by atomic mass is 9.76. The fourth-order valence-corrected chi connectivity index (χ4v) is 4.59. The maximum Gasteiger partial charge on any atom is 0.0767 e. The van der Waals surface area contributed by atoms with E-state index in [1.165, 1.54) is 64.3 Å². The first-order valence-corrected chi connectivity index (χ1v) is 9.13. The molecule has 0 bridgehead atoms. The summed E-state index contributed by atoms with van der Waals surface area (Å²) in [6, 6.07) is 0.739. The molecule has 0 aliphatic heterocycles. The third kappa shape index (κ3) is 3.80. The third-order valence-electron chi connectivity index (χ3n) is 5.85. The van der Waals surface area contributed by atoms with E-state index in [1.807, 2.05) is 7.11 Å². The van der Waals surface area contributed by atoms with Crippen molar-refractivity contribution in [1.29, 1.82) is 0 Å². The Kier molecular flexibility index (Phi) is 6.51. The molecule has 0 aromatic rings. The maximum atomic E-state index is 6.36. The van der Waals surface area contributed by atoms with E-state index in [-0.39, 0.29) is 5.54 Å². The van der Waals surface area contributed by atoms with Crippen LogP contribution in [0.5, 0.6) is 0 Å². The minimum atomic E-state index is 0.0941. The molecule has 2 N–H and O–H groups in total. The van der Waals surface area contributed by atoms with E-state index in [2.05, 4.69) is 18.7 Å². The van der Waals surface area contributed by atoms with E-state index < -0.39 is 0 Å². The molecule has 0 heterocycles. The first-order valence-electron chi connectivity index (χ1n) is 9.13. The lowest BCUT2D eigenvalue weighted by Crippen LogP contribution is -2.65. The van der Waals surface area contributed by atoms with E-state index >= 15 is 0 Å². The monoisotopic (exact) mass is 296 g/mol. The Morgan fingerprint density at radius 1 is 1.14 bits per heavy atom. The molecule has 124 valence electrons. The van der Waals surface area contributed by atoms with Crippen molar-refractivity contribution in [1.82, 2.24) is 4.90 Å². The molecule has 2 saturated carbocycles. The fraction of sp³-hybridized carbons (Fsp3) is 1.00. The van der Waals surface area contributed by atoms with Crippen molar-refractivity contribution in [3.63, 3.8) is 0 Å². The molecule has 0 amide bonds. The van der Waals surface area contributed by atoms with Crippen molar-refractivity contribution in [3.8, 4) is 0 Å². The van der Waals surface area contributed by atoms with Gasteiger partial charge in [0.2, 0.25) is 0 Å². The number of ether oxygens (including phenoxy) is 1. The highest BCUT2D eigenvalue weighted by Gasteiger charge is 2.47. The van der Waals surface area contributed by atoms with Gasteiger partial charge in [-0.2, -0.15) is 0 Å². The van der Waals surface area contributed by atoms with Gasteiger partial charge in [-0.05, 0) is 44.6 Å². The molecule has 2 unspecified atom stereocenters. The zero-order valence-electron chi connectivity index (χ0n) is 14.4. The summed E-state index contributed by atoms with van der Waals surface area (Å²) in [6.07, 6.45) is 12.1. The summed E-state index contributed by atoms with van der Waals surface area (Å²) >= 11 is 0. The lowest BCUT2D eigenvalue weighted by molar-refractivity contribution is -0.0923. The topological polar surface area (TPSA) is 38.5 Å². The Morgan fingerprint density at radius 3 is 2.38 bits per heavy atom. The third-order valence-corrected chi connectivity index (χ3v) is 5.85. The second kappa shape index (κ2) is 7.94. The standard InChI is InChI=1S/C18H36N2O/c1-15(2)11-13-20(16-8-4-5-9-16)18(14-19)12-7-6-10-17(18)21-3/h15-17H,4-14,19H2,1-3H3. The summed E-state index contributed by atoms with van der Waals surface area (Å²) in [7, 11) is 1.88. The normalized spacial score (nSPS) is 31.4. The molecule has 2 fully saturated rings. The SMILES string of the molecule is COC1CCCCC1(CN)N(CCC(C)C)C1CCCC1. The van der Waals surface area contributed by atoms with E-state index in [1.54, 1.807) is 0 Å². The second-order valence-corrected chi connectivity index (χ2v) is 7.59. The van der Waals surface area contributed by atoms with Crippen LogP contribution in [0, 0.1) is 5.92 Å². The number of nitrogens with two attached hydrogens (primary N) is 1. The molecule has 2 atom stereocenters. The average molecular weight is 296 g/mol. The molecule has 2 aliphatic rings. The van der Waals surface area contributed by atoms with Gasteiger partial charge in [0.25, 0.3) is 0 Å². The van der Waals surface area contributed by atoms with Crippen molar-refractivity contribution < 1.29 is 4.74 Å². The molecule has 3 nitrogen and oxygen atoms in total. The van der Waals surface area contributed by atoms with Gasteiger partial charge in [0.1, 0.15) is 0 Å². The molecule has 3 heteroatoms.